The molecule has 0 saturated carbocycles. The van der Waals surface area contributed by atoms with Gasteiger partial charge in [0.1, 0.15) is 0 Å². The molecule has 1 fully saturated rings. The summed E-state index contributed by atoms with van der Waals surface area (Å²) in [5, 5.41) is 3.51. The molecule has 0 bridgehead atoms. The smallest absolute Gasteiger partial charge is 0.257 e. The molecule has 0 unspecified atom stereocenters. The van der Waals surface area contributed by atoms with Gasteiger partial charge in [0.05, 0.1) is 17.4 Å². The average Bonchev–Trinajstić information content (AvgIpc) is 2.59. The lowest BCUT2D eigenvalue weighted by Crippen LogP contribution is -2.44. The molecule has 1 aliphatic rings. The Morgan fingerprint density at radius 1 is 1.17 bits per heavy atom. The standard InChI is InChI=1S/C18H21ClN4O/c1-13-3-4-15(10-17(13)19)21-18(24)14-9-16(12-20-11-14)23-7-5-22(2)6-8-23/h3-4,9-12H,5-8H2,1-2H3,(H,21,24). The lowest BCUT2D eigenvalue weighted by atomic mass is 10.2. The molecule has 0 aliphatic carbocycles. The van der Waals surface area contributed by atoms with Gasteiger partial charge in [-0.3, -0.25) is 9.78 Å². The highest BCUT2D eigenvalue weighted by molar-refractivity contribution is 6.31. The number of aromatic nitrogens is 1. The molecule has 1 amide bonds. The molecule has 1 aromatic carbocycles. The molecule has 2 aromatic rings. The normalized spacial score (nSPS) is 15.4. The van der Waals surface area contributed by atoms with Crippen LogP contribution < -0.4 is 10.2 Å². The Bertz CT molecular complexity index is 742. The van der Waals surface area contributed by atoms with Crippen LogP contribution in [0.4, 0.5) is 11.4 Å². The van der Waals surface area contributed by atoms with Crippen LogP contribution in [0, 0.1) is 6.92 Å². The first-order chi connectivity index (χ1) is 11.5. The van der Waals surface area contributed by atoms with Gasteiger partial charge in [0, 0.05) is 43.1 Å². The summed E-state index contributed by atoms with van der Waals surface area (Å²) < 4.78 is 0. The Morgan fingerprint density at radius 3 is 2.62 bits per heavy atom. The minimum atomic E-state index is -0.182. The first-order valence-corrected chi connectivity index (χ1v) is 8.37. The van der Waals surface area contributed by atoms with Crippen molar-refractivity contribution in [2.24, 2.45) is 0 Å². The monoisotopic (exact) mass is 344 g/mol. The van der Waals surface area contributed by atoms with Gasteiger partial charge in [-0.15, -0.1) is 0 Å². The molecule has 1 N–H and O–H groups in total. The molecule has 2 heterocycles. The second kappa shape index (κ2) is 7.20. The highest BCUT2D eigenvalue weighted by Gasteiger charge is 2.16. The second-order valence-electron chi connectivity index (χ2n) is 6.14. The fourth-order valence-corrected chi connectivity index (χ4v) is 2.84. The van der Waals surface area contributed by atoms with Crippen molar-refractivity contribution < 1.29 is 4.79 Å². The van der Waals surface area contributed by atoms with Crippen LogP contribution in [0.1, 0.15) is 15.9 Å². The Balaban J connectivity index is 1.73. The molecule has 1 aromatic heterocycles. The second-order valence-corrected chi connectivity index (χ2v) is 6.55. The number of piperazine rings is 1. The van der Waals surface area contributed by atoms with Gasteiger partial charge in [-0.05, 0) is 37.7 Å². The maximum absolute atomic E-state index is 12.5. The lowest BCUT2D eigenvalue weighted by molar-refractivity contribution is 0.102. The highest BCUT2D eigenvalue weighted by atomic mass is 35.5. The summed E-state index contributed by atoms with van der Waals surface area (Å²) in [5.41, 5.74) is 3.19. The summed E-state index contributed by atoms with van der Waals surface area (Å²) in [6.45, 7) is 5.83. The fourth-order valence-electron chi connectivity index (χ4n) is 2.66. The van der Waals surface area contributed by atoms with Gasteiger partial charge >= 0.3 is 0 Å². The Labute approximate surface area is 147 Å². The van der Waals surface area contributed by atoms with Crippen molar-refractivity contribution in [3.8, 4) is 0 Å². The predicted molar refractivity (Wildman–Crippen MR) is 98.1 cm³/mol. The Hall–Kier alpha value is -2.11. The third kappa shape index (κ3) is 3.86. The first-order valence-electron chi connectivity index (χ1n) is 7.99. The van der Waals surface area contributed by atoms with Gasteiger partial charge in [-0.25, -0.2) is 0 Å². The zero-order chi connectivity index (χ0) is 17.1. The van der Waals surface area contributed by atoms with E-state index in [4.69, 9.17) is 11.6 Å². The summed E-state index contributed by atoms with van der Waals surface area (Å²) in [7, 11) is 2.12. The van der Waals surface area contributed by atoms with Crippen molar-refractivity contribution in [1.82, 2.24) is 9.88 Å². The zero-order valence-corrected chi connectivity index (χ0v) is 14.7. The molecule has 1 saturated heterocycles. The third-order valence-electron chi connectivity index (χ3n) is 4.28. The Kier molecular flexibility index (Phi) is 5.02. The number of hydrogen-bond donors (Lipinski definition) is 1. The quantitative estimate of drug-likeness (QED) is 0.929. The van der Waals surface area contributed by atoms with Gasteiger partial charge in [0.15, 0.2) is 0 Å². The lowest BCUT2D eigenvalue weighted by Gasteiger charge is -2.33. The van der Waals surface area contributed by atoms with Crippen LogP contribution >= 0.6 is 11.6 Å². The van der Waals surface area contributed by atoms with E-state index in [0.29, 0.717) is 16.3 Å². The van der Waals surface area contributed by atoms with Crippen LogP contribution in [0.5, 0.6) is 0 Å². The summed E-state index contributed by atoms with van der Waals surface area (Å²) in [4.78, 5) is 21.3. The number of aryl methyl sites for hydroxylation is 1. The maximum Gasteiger partial charge on any atom is 0.257 e. The summed E-state index contributed by atoms with van der Waals surface area (Å²) >= 11 is 6.11. The summed E-state index contributed by atoms with van der Waals surface area (Å²) in [5.74, 6) is -0.182. The number of anilines is 2. The number of nitrogens with zero attached hydrogens (tertiary/aromatic N) is 3. The summed E-state index contributed by atoms with van der Waals surface area (Å²) in [6.07, 6.45) is 3.40. The number of carbonyl (C=O) groups is 1. The van der Waals surface area contributed by atoms with E-state index in [9.17, 15) is 4.79 Å². The van der Waals surface area contributed by atoms with Gasteiger partial charge in [-0.2, -0.15) is 0 Å². The molecule has 3 rings (SSSR count). The number of rotatable bonds is 3. The van der Waals surface area contributed by atoms with Crippen LogP contribution in [0.3, 0.4) is 0 Å². The number of likely N-dealkylation sites (N-methyl/N-ethyl adjacent to an activating group) is 1. The van der Waals surface area contributed by atoms with Crippen LogP contribution in [0.2, 0.25) is 5.02 Å². The minimum absolute atomic E-state index is 0.182. The molecule has 1 aliphatic heterocycles. The molecule has 0 spiro atoms. The van der Waals surface area contributed by atoms with E-state index in [2.05, 4.69) is 27.1 Å². The third-order valence-corrected chi connectivity index (χ3v) is 4.69. The van der Waals surface area contributed by atoms with Crippen LogP contribution in [-0.4, -0.2) is 49.0 Å². The molecule has 0 radical (unpaired) electrons. The summed E-state index contributed by atoms with van der Waals surface area (Å²) in [6, 6.07) is 7.38. The van der Waals surface area contributed by atoms with E-state index in [1.165, 1.54) is 0 Å². The van der Waals surface area contributed by atoms with E-state index in [1.54, 1.807) is 12.3 Å². The van der Waals surface area contributed by atoms with Crippen molar-refractivity contribution in [3.05, 3.63) is 52.8 Å². The number of halogens is 1. The SMILES string of the molecule is Cc1ccc(NC(=O)c2cncc(N3CCN(C)CC3)c2)cc1Cl. The van der Waals surface area contributed by atoms with E-state index in [0.717, 1.165) is 37.4 Å². The highest BCUT2D eigenvalue weighted by Crippen LogP contribution is 2.21. The van der Waals surface area contributed by atoms with Crippen LogP contribution in [0.25, 0.3) is 0 Å². The topological polar surface area (TPSA) is 48.5 Å². The number of hydrogen-bond acceptors (Lipinski definition) is 4. The maximum atomic E-state index is 12.5. The fraction of sp³-hybridized carbons (Fsp3) is 0.333. The molecular formula is C18H21ClN4O. The average molecular weight is 345 g/mol. The molecule has 24 heavy (non-hydrogen) atoms. The molecule has 6 heteroatoms. The number of benzene rings is 1. The molecule has 5 nitrogen and oxygen atoms in total. The van der Waals surface area contributed by atoms with E-state index in [-0.39, 0.29) is 5.91 Å². The van der Waals surface area contributed by atoms with Crippen molar-refractivity contribution in [1.29, 1.82) is 0 Å². The van der Waals surface area contributed by atoms with Gasteiger partial charge in [-0.1, -0.05) is 17.7 Å². The number of amides is 1. The van der Waals surface area contributed by atoms with Crippen LogP contribution in [0.15, 0.2) is 36.7 Å². The number of nitrogens with one attached hydrogen (secondary N) is 1. The minimum Gasteiger partial charge on any atom is -0.368 e. The number of carbonyl (C=O) groups excluding carboxylic acids is 1. The van der Waals surface area contributed by atoms with E-state index >= 15 is 0 Å². The zero-order valence-electron chi connectivity index (χ0n) is 13.9. The number of pyridine rings is 1. The largest absolute Gasteiger partial charge is 0.368 e. The molecular weight excluding hydrogens is 324 g/mol. The van der Waals surface area contributed by atoms with Gasteiger partial charge in [0.25, 0.3) is 5.91 Å². The predicted octanol–water partition coefficient (Wildman–Crippen LogP) is 3.05. The van der Waals surface area contributed by atoms with E-state index < -0.39 is 0 Å². The van der Waals surface area contributed by atoms with Crippen molar-refractivity contribution in [2.75, 3.05) is 43.4 Å². The van der Waals surface area contributed by atoms with Crippen molar-refractivity contribution in [3.63, 3.8) is 0 Å². The molecule has 0 atom stereocenters. The van der Waals surface area contributed by atoms with Crippen molar-refractivity contribution >= 4 is 28.9 Å². The van der Waals surface area contributed by atoms with Crippen LogP contribution in [-0.2, 0) is 0 Å². The first kappa shape index (κ1) is 16.7. The van der Waals surface area contributed by atoms with Crippen molar-refractivity contribution in [2.45, 2.75) is 6.92 Å². The van der Waals surface area contributed by atoms with E-state index in [1.807, 2.05) is 31.3 Å². The van der Waals surface area contributed by atoms with Gasteiger partial charge < -0.3 is 15.1 Å². The molecule has 126 valence electrons. The van der Waals surface area contributed by atoms with Gasteiger partial charge in [0.2, 0.25) is 0 Å². The Morgan fingerprint density at radius 2 is 1.92 bits per heavy atom.